The zero-order valence-corrected chi connectivity index (χ0v) is 12.5. The molecule has 0 aliphatic heterocycles. The Morgan fingerprint density at radius 3 is 2.89 bits per heavy atom. The summed E-state index contributed by atoms with van der Waals surface area (Å²) in [6.45, 7) is 0.739. The van der Waals surface area contributed by atoms with Crippen molar-refractivity contribution in [3.05, 3.63) is 27.1 Å². The fourth-order valence-corrected chi connectivity index (χ4v) is 3.09. The van der Waals surface area contributed by atoms with Crippen molar-refractivity contribution in [3.8, 4) is 5.75 Å². The van der Waals surface area contributed by atoms with Crippen LogP contribution >= 0.6 is 27.3 Å². The van der Waals surface area contributed by atoms with Gasteiger partial charge in [-0.05, 0) is 22.0 Å². The smallest absolute Gasteiger partial charge is 0.204 e. The summed E-state index contributed by atoms with van der Waals surface area (Å²) in [5, 5.41) is 2.05. The molecule has 0 saturated heterocycles. The first-order chi connectivity index (χ1) is 8.61. The second-order valence-electron chi connectivity index (χ2n) is 3.70. The van der Waals surface area contributed by atoms with Crippen LogP contribution in [-0.2, 0) is 6.54 Å². The number of nitrogen functional groups attached to an aromatic ring is 1. The Bertz CT molecular complexity index is 546. The van der Waals surface area contributed by atoms with Crippen molar-refractivity contribution in [2.45, 2.75) is 6.54 Å². The topological polar surface area (TPSA) is 64.3 Å². The molecule has 0 radical (unpaired) electrons. The third-order valence-corrected chi connectivity index (χ3v) is 4.08. The van der Waals surface area contributed by atoms with Crippen molar-refractivity contribution < 1.29 is 4.74 Å². The van der Waals surface area contributed by atoms with Crippen LogP contribution in [0.4, 0.5) is 11.6 Å². The fourth-order valence-electron chi connectivity index (χ4n) is 1.59. The first-order valence-electron chi connectivity index (χ1n) is 5.20. The van der Waals surface area contributed by atoms with Crippen LogP contribution in [0.2, 0.25) is 0 Å². The van der Waals surface area contributed by atoms with E-state index >= 15 is 0 Å². The minimum absolute atomic E-state index is 0.349. The van der Waals surface area contributed by atoms with Gasteiger partial charge in [0.25, 0.3) is 0 Å². The van der Waals surface area contributed by atoms with E-state index < -0.39 is 0 Å². The van der Waals surface area contributed by atoms with Crippen molar-refractivity contribution >= 4 is 38.9 Å². The minimum Gasteiger partial charge on any atom is -0.490 e. The normalized spacial score (nSPS) is 10.4. The van der Waals surface area contributed by atoms with Crippen molar-refractivity contribution in [2.24, 2.45) is 0 Å². The summed E-state index contributed by atoms with van der Waals surface area (Å²) in [6.07, 6.45) is 1.44. The van der Waals surface area contributed by atoms with Gasteiger partial charge in [0.1, 0.15) is 6.33 Å². The third-order valence-electron chi connectivity index (χ3n) is 2.39. The molecule has 0 aliphatic rings. The molecule has 2 aromatic heterocycles. The molecule has 7 heteroatoms. The van der Waals surface area contributed by atoms with Gasteiger partial charge in [-0.3, -0.25) is 0 Å². The predicted octanol–water partition coefficient (Wildman–Crippen LogP) is 2.53. The molecule has 0 atom stereocenters. The standard InChI is InChI=1S/C11H13BrN4OS/c1-16(4-8-3-7(12)5-18-8)11-9(17-2)10(13)14-6-15-11/h3,5-6H,4H2,1-2H3,(H2,13,14,15). The molecule has 0 unspecified atom stereocenters. The van der Waals surface area contributed by atoms with Crippen molar-refractivity contribution in [1.82, 2.24) is 9.97 Å². The number of hydrogen-bond acceptors (Lipinski definition) is 6. The zero-order chi connectivity index (χ0) is 13.1. The van der Waals surface area contributed by atoms with Crippen LogP contribution in [0.25, 0.3) is 0 Å². The summed E-state index contributed by atoms with van der Waals surface area (Å²) in [4.78, 5) is 11.3. The molecular formula is C11H13BrN4OS. The highest BCUT2D eigenvalue weighted by molar-refractivity contribution is 9.10. The molecule has 2 aromatic rings. The lowest BCUT2D eigenvalue weighted by molar-refractivity contribution is 0.413. The van der Waals surface area contributed by atoms with E-state index in [1.807, 2.05) is 11.9 Å². The Morgan fingerprint density at radius 2 is 2.28 bits per heavy atom. The lowest BCUT2D eigenvalue weighted by Gasteiger charge is -2.19. The molecule has 2 heterocycles. The van der Waals surface area contributed by atoms with E-state index in [2.05, 4.69) is 37.3 Å². The van der Waals surface area contributed by atoms with Crippen LogP contribution in [0.5, 0.6) is 5.75 Å². The zero-order valence-electron chi connectivity index (χ0n) is 10.1. The summed E-state index contributed by atoms with van der Waals surface area (Å²) < 4.78 is 6.33. The lowest BCUT2D eigenvalue weighted by Crippen LogP contribution is -2.18. The summed E-state index contributed by atoms with van der Waals surface area (Å²) in [5.41, 5.74) is 5.76. The van der Waals surface area contributed by atoms with E-state index in [1.54, 1.807) is 18.4 Å². The van der Waals surface area contributed by atoms with Crippen LogP contribution in [-0.4, -0.2) is 24.1 Å². The highest BCUT2D eigenvalue weighted by atomic mass is 79.9. The number of rotatable bonds is 4. The number of halogens is 1. The maximum atomic E-state index is 5.76. The first-order valence-corrected chi connectivity index (χ1v) is 6.87. The molecule has 0 fully saturated rings. The molecule has 0 amide bonds. The van der Waals surface area contributed by atoms with E-state index in [9.17, 15) is 0 Å². The molecule has 0 bridgehead atoms. The monoisotopic (exact) mass is 328 g/mol. The fraction of sp³-hybridized carbons (Fsp3) is 0.273. The molecule has 0 aliphatic carbocycles. The predicted molar refractivity (Wildman–Crippen MR) is 77.1 cm³/mol. The molecule has 2 N–H and O–H groups in total. The van der Waals surface area contributed by atoms with Gasteiger partial charge in [-0.2, -0.15) is 0 Å². The van der Waals surface area contributed by atoms with E-state index in [0.717, 1.165) is 11.0 Å². The average molecular weight is 329 g/mol. The summed E-state index contributed by atoms with van der Waals surface area (Å²) in [5.74, 6) is 1.55. The summed E-state index contributed by atoms with van der Waals surface area (Å²) in [7, 11) is 3.51. The summed E-state index contributed by atoms with van der Waals surface area (Å²) >= 11 is 5.13. The number of methoxy groups -OCH3 is 1. The Balaban J connectivity index is 2.23. The van der Waals surface area contributed by atoms with Gasteiger partial charge < -0.3 is 15.4 Å². The van der Waals surface area contributed by atoms with E-state index in [0.29, 0.717) is 17.4 Å². The minimum atomic E-state index is 0.349. The van der Waals surface area contributed by atoms with Crippen LogP contribution in [0.3, 0.4) is 0 Å². The molecule has 0 aromatic carbocycles. The number of aromatic nitrogens is 2. The maximum Gasteiger partial charge on any atom is 0.204 e. The number of thiophene rings is 1. The average Bonchev–Trinajstić information content (AvgIpc) is 2.74. The van der Waals surface area contributed by atoms with Gasteiger partial charge >= 0.3 is 0 Å². The van der Waals surface area contributed by atoms with Gasteiger partial charge in [-0.15, -0.1) is 11.3 Å². The Labute approximate surface area is 118 Å². The van der Waals surface area contributed by atoms with Crippen LogP contribution in [0, 0.1) is 0 Å². The maximum absolute atomic E-state index is 5.76. The first kappa shape index (κ1) is 13.1. The Hall–Kier alpha value is -1.34. The van der Waals surface area contributed by atoms with Crippen LogP contribution in [0.15, 0.2) is 22.2 Å². The van der Waals surface area contributed by atoms with E-state index in [-0.39, 0.29) is 0 Å². The van der Waals surface area contributed by atoms with Gasteiger partial charge in [-0.1, -0.05) is 0 Å². The Morgan fingerprint density at radius 1 is 1.50 bits per heavy atom. The van der Waals surface area contributed by atoms with E-state index in [4.69, 9.17) is 10.5 Å². The molecule has 0 saturated carbocycles. The second-order valence-corrected chi connectivity index (χ2v) is 5.61. The number of ether oxygens (including phenoxy) is 1. The number of nitrogens with zero attached hydrogens (tertiary/aromatic N) is 3. The Kier molecular flexibility index (Phi) is 4.03. The third kappa shape index (κ3) is 2.73. The molecule has 18 heavy (non-hydrogen) atoms. The van der Waals surface area contributed by atoms with Crippen molar-refractivity contribution in [3.63, 3.8) is 0 Å². The van der Waals surface area contributed by atoms with Crippen LogP contribution < -0.4 is 15.4 Å². The highest BCUT2D eigenvalue weighted by Crippen LogP contribution is 2.30. The van der Waals surface area contributed by atoms with Crippen molar-refractivity contribution in [2.75, 3.05) is 24.8 Å². The van der Waals surface area contributed by atoms with E-state index in [1.165, 1.54) is 11.2 Å². The van der Waals surface area contributed by atoms with Gasteiger partial charge in [0, 0.05) is 21.8 Å². The number of hydrogen-bond donors (Lipinski definition) is 1. The quantitative estimate of drug-likeness (QED) is 0.934. The largest absolute Gasteiger partial charge is 0.490 e. The summed E-state index contributed by atoms with van der Waals surface area (Å²) in [6, 6.07) is 2.08. The van der Waals surface area contributed by atoms with Gasteiger partial charge in [0.15, 0.2) is 11.6 Å². The number of anilines is 2. The van der Waals surface area contributed by atoms with Gasteiger partial charge in [0.2, 0.25) is 5.75 Å². The van der Waals surface area contributed by atoms with Gasteiger partial charge in [-0.25, -0.2) is 9.97 Å². The van der Waals surface area contributed by atoms with Crippen molar-refractivity contribution in [1.29, 1.82) is 0 Å². The molecule has 2 rings (SSSR count). The SMILES string of the molecule is COc1c(N)ncnc1N(C)Cc1cc(Br)cs1. The molecule has 5 nitrogen and oxygen atoms in total. The van der Waals surface area contributed by atoms with Crippen LogP contribution in [0.1, 0.15) is 4.88 Å². The highest BCUT2D eigenvalue weighted by Gasteiger charge is 2.14. The number of nitrogens with two attached hydrogens (primary N) is 1. The molecule has 0 spiro atoms. The van der Waals surface area contributed by atoms with Gasteiger partial charge in [0.05, 0.1) is 13.7 Å². The lowest BCUT2D eigenvalue weighted by atomic mass is 10.4. The second kappa shape index (κ2) is 5.53. The molecular weight excluding hydrogens is 316 g/mol. The molecule has 96 valence electrons.